The molecule has 0 atom stereocenters. The number of amides is 1. The molecule has 4 rings (SSSR count). The molecule has 1 aromatic carbocycles. The van der Waals surface area contributed by atoms with Gasteiger partial charge in [0.05, 0.1) is 28.5 Å². The first kappa shape index (κ1) is 16.0. The van der Waals surface area contributed by atoms with E-state index in [1.165, 1.54) is 23.9 Å². The smallest absolute Gasteiger partial charge is 0.284 e. The van der Waals surface area contributed by atoms with E-state index in [-0.39, 0.29) is 11.6 Å². The first-order chi connectivity index (χ1) is 12.6. The molecule has 26 heavy (non-hydrogen) atoms. The Bertz CT molecular complexity index is 1080. The van der Waals surface area contributed by atoms with Gasteiger partial charge in [0.2, 0.25) is 0 Å². The second kappa shape index (κ2) is 6.41. The number of nitrogens with two attached hydrogens (primary N) is 1. The predicted molar refractivity (Wildman–Crippen MR) is 101 cm³/mol. The molecular formula is C18H13N5O2S. The first-order valence-electron chi connectivity index (χ1n) is 7.65. The number of nitrogens with one attached hydrogen (secondary N) is 2. The summed E-state index contributed by atoms with van der Waals surface area (Å²) in [4.78, 5) is 20.8. The number of rotatable bonds is 4. The summed E-state index contributed by atoms with van der Waals surface area (Å²) < 4.78 is 5.86. The van der Waals surface area contributed by atoms with E-state index in [0.29, 0.717) is 27.5 Å². The molecule has 0 unspecified atom stereocenters. The fourth-order valence-electron chi connectivity index (χ4n) is 2.47. The summed E-state index contributed by atoms with van der Waals surface area (Å²) in [5.41, 5.74) is 9.04. The van der Waals surface area contributed by atoms with E-state index in [4.69, 9.17) is 15.6 Å². The lowest BCUT2D eigenvalue weighted by Gasteiger charge is -2.09. The minimum Gasteiger partial charge on any atom is -0.472 e. The maximum Gasteiger partial charge on any atom is 0.284 e. The number of carbonyl (C=O) groups excluding carboxylic acids is 1. The third-order valence-electron chi connectivity index (χ3n) is 3.78. The Morgan fingerprint density at radius 2 is 2.15 bits per heavy atom. The van der Waals surface area contributed by atoms with Crippen molar-refractivity contribution in [3.63, 3.8) is 0 Å². The van der Waals surface area contributed by atoms with Crippen LogP contribution < -0.4 is 11.1 Å². The molecule has 0 saturated carbocycles. The van der Waals surface area contributed by atoms with Crippen molar-refractivity contribution in [1.29, 1.82) is 5.41 Å². The summed E-state index contributed by atoms with van der Waals surface area (Å²) in [5, 5.41) is 11.4. The zero-order valence-electron chi connectivity index (χ0n) is 13.4. The number of hydrogen-bond donors (Lipinski definition) is 3. The molecule has 0 fully saturated rings. The zero-order valence-corrected chi connectivity index (χ0v) is 14.2. The molecule has 0 aliphatic carbocycles. The highest BCUT2D eigenvalue weighted by molar-refractivity contribution is 7.20. The second-order valence-electron chi connectivity index (χ2n) is 5.51. The molecule has 0 saturated heterocycles. The Hall–Kier alpha value is -3.52. The SMILES string of the molecule is N=C(c1ccoc1)c1cc(NC(=O)c2nc3ccncc3s2)ccc1N. The molecular weight excluding hydrogens is 350 g/mol. The molecule has 7 nitrogen and oxygen atoms in total. The third-order valence-corrected chi connectivity index (χ3v) is 4.78. The van der Waals surface area contributed by atoms with Crippen molar-refractivity contribution in [3.05, 3.63) is 71.4 Å². The Morgan fingerprint density at radius 1 is 1.27 bits per heavy atom. The normalized spacial score (nSPS) is 10.8. The number of anilines is 2. The number of hydrogen-bond acceptors (Lipinski definition) is 7. The second-order valence-corrected chi connectivity index (χ2v) is 6.54. The Balaban J connectivity index is 1.61. The number of aromatic nitrogens is 2. The van der Waals surface area contributed by atoms with Crippen LogP contribution in [0.1, 0.15) is 20.9 Å². The first-order valence-corrected chi connectivity index (χ1v) is 8.46. The maximum absolute atomic E-state index is 12.5. The van der Waals surface area contributed by atoms with Crippen LogP contribution in [-0.2, 0) is 0 Å². The lowest BCUT2D eigenvalue weighted by atomic mass is 10.0. The van der Waals surface area contributed by atoms with Crippen molar-refractivity contribution in [1.82, 2.24) is 9.97 Å². The summed E-state index contributed by atoms with van der Waals surface area (Å²) in [6.07, 6.45) is 6.28. The van der Waals surface area contributed by atoms with E-state index in [9.17, 15) is 4.79 Å². The molecule has 3 aromatic heterocycles. The summed E-state index contributed by atoms with van der Waals surface area (Å²) in [6.45, 7) is 0. The van der Waals surface area contributed by atoms with Gasteiger partial charge in [-0.1, -0.05) is 0 Å². The van der Waals surface area contributed by atoms with Gasteiger partial charge < -0.3 is 15.5 Å². The van der Waals surface area contributed by atoms with Gasteiger partial charge in [0, 0.05) is 34.9 Å². The van der Waals surface area contributed by atoms with Gasteiger partial charge in [-0.05, 0) is 30.3 Å². The van der Waals surface area contributed by atoms with Crippen molar-refractivity contribution in [2.24, 2.45) is 0 Å². The average molecular weight is 363 g/mol. The van der Waals surface area contributed by atoms with Crippen molar-refractivity contribution < 1.29 is 9.21 Å². The molecule has 0 radical (unpaired) electrons. The highest BCUT2D eigenvalue weighted by Gasteiger charge is 2.15. The van der Waals surface area contributed by atoms with E-state index < -0.39 is 0 Å². The number of nitrogens with zero attached hydrogens (tertiary/aromatic N) is 2. The van der Waals surface area contributed by atoms with Crippen LogP contribution >= 0.6 is 11.3 Å². The van der Waals surface area contributed by atoms with Crippen molar-refractivity contribution in [2.45, 2.75) is 0 Å². The lowest BCUT2D eigenvalue weighted by Crippen LogP contribution is -2.13. The van der Waals surface area contributed by atoms with Crippen LogP contribution in [0.4, 0.5) is 11.4 Å². The van der Waals surface area contributed by atoms with Gasteiger partial charge in [0.1, 0.15) is 0 Å². The quantitative estimate of drug-likeness (QED) is 0.379. The number of nitrogen functional groups attached to an aromatic ring is 1. The average Bonchev–Trinajstić information content (AvgIpc) is 3.32. The predicted octanol–water partition coefficient (Wildman–Crippen LogP) is 3.53. The van der Waals surface area contributed by atoms with Crippen molar-refractivity contribution in [3.8, 4) is 0 Å². The van der Waals surface area contributed by atoms with Crippen LogP contribution in [0.3, 0.4) is 0 Å². The Morgan fingerprint density at radius 3 is 2.92 bits per heavy atom. The molecule has 128 valence electrons. The summed E-state index contributed by atoms with van der Waals surface area (Å²) >= 11 is 1.27. The number of carbonyl (C=O) groups is 1. The van der Waals surface area contributed by atoms with Crippen molar-refractivity contribution >= 4 is 44.5 Å². The van der Waals surface area contributed by atoms with E-state index in [1.807, 2.05) is 0 Å². The van der Waals surface area contributed by atoms with Crippen LogP contribution in [0.15, 0.2) is 59.7 Å². The number of thiazole rings is 1. The van der Waals surface area contributed by atoms with Gasteiger partial charge in [0.25, 0.3) is 5.91 Å². The van der Waals surface area contributed by atoms with Gasteiger partial charge in [-0.25, -0.2) is 4.98 Å². The Kier molecular flexibility index (Phi) is 3.94. The lowest BCUT2D eigenvalue weighted by molar-refractivity contribution is 0.102. The number of pyridine rings is 1. The topological polar surface area (TPSA) is 118 Å². The molecule has 0 aliphatic rings. The summed E-state index contributed by atoms with van der Waals surface area (Å²) in [6, 6.07) is 8.45. The van der Waals surface area contributed by atoms with Gasteiger partial charge in [-0.3, -0.25) is 15.2 Å². The van der Waals surface area contributed by atoms with Crippen LogP contribution in [0.5, 0.6) is 0 Å². The van der Waals surface area contributed by atoms with Crippen molar-refractivity contribution in [2.75, 3.05) is 11.1 Å². The van der Waals surface area contributed by atoms with Gasteiger partial charge in [-0.2, -0.15) is 0 Å². The van der Waals surface area contributed by atoms with E-state index in [0.717, 1.165) is 10.2 Å². The monoisotopic (exact) mass is 363 g/mol. The van der Waals surface area contributed by atoms with Gasteiger partial charge in [0.15, 0.2) is 5.01 Å². The fraction of sp³-hybridized carbons (Fsp3) is 0. The summed E-state index contributed by atoms with van der Waals surface area (Å²) in [5.74, 6) is -0.322. The van der Waals surface area contributed by atoms with E-state index in [2.05, 4.69) is 15.3 Å². The van der Waals surface area contributed by atoms with Crippen LogP contribution in [-0.4, -0.2) is 21.6 Å². The third kappa shape index (κ3) is 2.93. The number of fused-ring (bicyclic) bond motifs is 1. The highest BCUT2D eigenvalue weighted by atomic mass is 32.1. The minimum atomic E-state index is -0.322. The molecule has 1 amide bonds. The van der Waals surface area contributed by atoms with Crippen LogP contribution in [0.2, 0.25) is 0 Å². The minimum absolute atomic E-state index is 0.221. The molecule has 8 heteroatoms. The van der Waals surface area contributed by atoms with E-state index >= 15 is 0 Å². The zero-order chi connectivity index (χ0) is 18.1. The van der Waals surface area contributed by atoms with E-state index in [1.54, 1.807) is 42.7 Å². The molecule has 0 bridgehead atoms. The number of benzene rings is 1. The van der Waals surface area contributed by atoms with Crippen LogP contribution in [0, 0.1) is 5.41 Å². The van der Waals surface area contributed by atoms with Gasteiger partial charge >= 0.3 is 0 Å². The number of furan rings is 1. The molecule has 4 N–H and O–H groups in total. The van der Waals surface area contributed by atoms with Crippen LogP contribution in [0.25, 0.3) is 10.2 Å². The molecule has 0 spiro atoms. The highest BCUT2D eigenvalue weighted by Crippen LogP contribution is 2.24. The Labute approximate surface area is 152 Å². The molecule has 4 aromatic rings. The largest absolute Gasteiger partial charge is 0.472 e. The maximum atomic E-state index is 12.5. The summed E-state index contributed by atoms with van der Waals surface area (Å²) in [7, 11) is 0. The van der Waals surface area contributed by atoms with Gasteiger partial charge in [-0.15, -0.1) is 11.3 Å². The molecule has 3 heterocycles. The fourth-order valence-corrected chi connectivity index (χ4v) is 3.30. The molecule has 0 aliphatic heterocycles. The standard InChI is InChI=1S/C18H13N5O2S/c19-13-2-1-11(7-12(13)16(20)10-4-6-25-9-10)22-17(24)18-23-14-3-5-21-8-15(14)26-18/h1-9,20H,19H2,(H,22,24).